The molecular formula is C49H65NO5. The lowest BCUT2D eigenvalue weighted by atomic mass is 9.64. The molecule has 2 saturated carbocycles. The van der Waals surface area contributed by atoms with Gasteiger partial charge in [0.05, 0.1) is 18.2 Å². The second kappa shape index (κ2) is 17.6. The molecule has 7 rings (SSSR count). The van der Waals surface area contributed by atoms with Crippen LogP contribution in [0.5, 0.6) is 0 Å². The number of allylic oxidation sites excluding steroid dienone is 2. The van der Waals surface area contributed by atoms with Crippen molar-refractivity contribution in [3.63, 3.8) is 0 Å². The van der Waals surface area contributed by atoms with E-state index in [1.165, 1.54) is 5.57 Å². The Labute approximate surface area is 330 Å². The molecule has 1 amide bonds. The number of aliphatic hydroxyl groups is 2. The van der Waals surface area contributed by atoms with Crippen LogP contribution in [0.1, 0.15) is 139 Å². The van der Waals surface area contributed by atoms with Gasteiger partial charge < -0.3 is 19.8 Å². The number of fused-ring (bicyclic) bond motifs is 8. The summed E-state index contributed by atoms with van der Waals surface area (Å²) in [6.45, 7) is 13.8. The molecule has 4 aliphatic carbocycles. The van der Waals surface area contributed by atoms with Gasteiger partial charge in [-0.05, 0) is 123 Å². The Kier molecular flexibility index (Phi) is 13.1. The first-order valence-electron chi connectivity index (χ1n) is 21.2. The first-order valence-corrected chi connectivity index (χ1v) is 21.2. The number of nitrogens with zero attached hydrogens (tertiary/aromatic N) is 1. The molecule has 6 nitrogen and oxygen atoms in total. The van der Waals surface area contributed by atoms with Crippen molar-refractivity contribution in [3.8, 4) is 11.1 Å². The van der Waals surface area contributed by atoms with Crippen LogP contribution in [0.2, 0.25) is 0 Å². The van der Waals surface area contributed by atoms with Gasteiger partial charge in [0.15, 0.2) is 5.78 Å². The van der Waals surface area contributed by atoms with Crippen LogP contribution in [0.4, 0.5) is 4.79 Å². The van der Waals surface area contributed by atoms with E-state index in [2.05, 4.69) is 71.9 Å². The zero-order valence-electron chi connectivity index (χ0n) is 34.2. The first-order chi connectivity index (χ1) is 26.3. The Morgan fingerprint density at radius 1 is 0.945 bits per heavy atom. The predicted molar refractivity (Wildman–Crippen MR) is 222 cm³/mol. The van der Waals surface area contributed by atoms with Crippen LogP contribution in [0.3, 0.4) is 0 Å². The van der Waals surface area contributed by atoms with Crippen LogP contribution in [0, 0.1) is 23.2 Å². The molecule has 0 heterocycles. The van der Waals surface area contributed by atoms with Crippen molar-refractivity contribution in [2.75, 3.05) is 13.1 Å². The lowest BCUT2D eigenvalue weighted by molar-refractivity contribution is -0.0862. The minimum absolute atomic E-state index is 0.0517. The summed E-state index contributed by atoms with van der Waals surface area (Å²) in [6, 6.07) is 24.2. The van der Waals surface area contributed by atoms with Crippen molar-refractivity contribution < 1.29 is 24.5 Å². The van der Waals surface area contributed by atoms with Crippen LogP contribution in [-0.4, -0.2) is 57.9 Å². The molecular weight excluding hydrogens is 683 g/mol. The van der Waals surface area contributed by atoms with Crippen LogP contribution in [0.25, 0.3) is 11.1 Å². The highest BCUT2D eigenvalue weighted by Gasteiger charge is 2.58. The third-order valence-electron chi connectivity index (χ3n) is 13.6. The van der Waals surface area contributed by atoms with Crippen LogP contribution in [0.15, 0.2) is 84.4 Å². The van der Waals surface area contributed by atoms with Crippen molar-refractivity contribution in [2.24, 2.45) is 23.2 Å². The zero-order valence-corrected chi connectivity index (χ0v) is 34.2. The van der Waals surface area contributed by atoms with E-state index < -0.39 is 17.1 Å². The van der Waals surface area contributed by atoms with Gasteiger partial charge in [-0.3, -0.25) is 4.79 Å². The van der Waals surface area contributed by atoms with E-state index in [4.69, 9.17) is 4.74 Å². The van der Waals surface area contributed by atoms with E-state index in [0.29, 0.717) is 67.5 Å². The van der Waals surface area contributed by atoms with Gasteiger partial charge in [0, 0.05) is 23.1 Å². The van der Waals surface area contributed by atoms with E-state index >= 15 is 0 Å². The van der Waals surface area contributed by atoms with E-state index in [1.54, 1.807) is 4.90 Å². The summed E-state index contributed by atoms with van der Waals surface area (Å²) in [4.78, 5) is 30.6. The smallest absolute Gasteiger partial charge is 0.410 e. The standard InChI is InChI=1S/C49H65NO5/c1-7-28-50(47(53)55-45-29-35(5)16-23-41(45)33(2)3)32-49(54)27-25-44-42-24-17-36(30-40(51)22-15-34(4)12-11-26-48(44,49)6)31-43(42)46(52)39-20-18-38(19-21-39)37-13-9-8-10-14-37/h8-10,12-14,17-21,24,31,33,35,40-41,44-45,51,54H,7,11,15-16,22-23,25-30,32H2,1-6H3/t35-,40-,41+,44-,45-,48-,49+/m0/s1. The van der Waals surface area contributed by atoms with E-state index in [-0.39, 0.29) is 30.4 Å². The molecule has 0 saturated heterocycles. The SMILES string of the molecule is CCCN(C[C@]1(O)CC[C@H]2c3ccc(cc3C(=O)c3ccc(-c4ccccc4)cc3)C[C@@H](O)CCC(C)=CCC[C@@]21C)C(=O)O[C@H]1C[C@@H](C)CC[C@@H]1C(C)C. The van der Waals surface area contributed by atoms with E-state index in [0.717, 1.165) is 60.8 Å². The first kappa shape index (κ1) is 40.9. The van der Waals surface area contributed by atoms with Crippen molar-refractivity contribution in [3.05, 3.63) is 107 Å². The third-order valence-corrected chi connectivity index (χ3v) is 13.6. The molecule has 4 aliphatic rings. The number of ether oxygens (including phenoxy) is 1. The van der Waals surface area contributed by atoms with Gasteiger partial charge in [-0.1, -0.05) is 119 Å². The second-order valence-electron chi connectivity index (χ2n) is 17.9. The average molecular weight is 748 g/mol. The van der Waals surface area contributed by atoms with Gasteiger partial charge in [-0.15, -0.1) is 0 Å². The summed E-state index contributed by atoms with van der Waals surface area (Å²) in [5.41, 5.74) is 4.66. The molecule has 296 valence electrons. The highest BCUT2D eigenvalue weighted by molar-refractivity contribution is 6.10. The van der Waals surface area contributed by atoms with Crippen molar-refractivity contribution >= 4 is 11.9 Å². The van der Waals surface area contributed by atoms with Gasteiger partial charge in [-0.25, -0.2) is 4.79 Å². The topological polar surface area (TPSA) is 87.1 Å². The fourth-order valence-electron chi connectivity index (χ4n) is 10.1. The quantitative estimate of drug-likeness (QED) is 0.168. The maximum absolute atomic E-state index is 14.7. The molecule has 2 fully saturated rings. The lowest BCUT2D eigenvalue weighted by Crippen LogP contribution is -2.54. The number of benzene rings is 3. The normalized spacial score (nSPS) is 28.6. The van der Waals surface area contributed by atoms with Gasteiger partial charge in [0.2, 0.25) is 0 Å². The Balaban J connectivity index is 1.36. The molecule has 0 unspecified atom stereocenters. The molecule has 55 heavy (non-hydrogen) atoms. The zero-order chi connectivity index (χ0) is 39.3. The Hall–Kier alpha value is -3.74. The number of rotatable bonds is 9. The molecule has 2 N–H and O–H groups in total. The number of carbonyl (C=O) groups excluding carboxylic acids is 2. The highest BCUT2D eigenvalue weighted by atomic mass is 16.6. The predicted octanol–water partition coefficient (Wildman–Crippen LogP) is 10.9. The van der Waals surface area contributed by atoms with Crippen LogP contribution in [-0.2, 0) is 11.2 Å². The number of amides is 1. The van der Waals surface area contributed by atoms with Crippen molar-refractivity contribution in [2.45, 2.75) is 136 Å². The molecule has 2 bridgehead atoms. The molecule has 3 aromatic carbocycles. The molecule has 0 spiro atoms. The molecule has 6 heteroatoms. The molecule has 0 radical (unpaired) electrons. The monoisotopic (exact) mass is 747 g/mol. The Bertz CT molecular complexity index is 1800. The number of carbonyl (C=O) groups is 2. The van der Waals surface area contributed by atoms with E-state index in [9.17, 15) is 19.8 Å². The summed E-state index contributed by atoms with van der Waals surface area (Å²) in [5, 5.41) is 24.1. The number of hydrogen-bond acceptors (Lipinski definition) is 5. The largest absolute Gasteiger partial charge is 0.446 e. The minimum Gasteiger partial charge on any atom is -0.446 e. The van der Waals surface area contributed by atoms with E-state index in [1.807, 2.05) is 48.5 Å². The summed E-state index contributed by atoms with van der Waals surface area (Å²) < 4.78 is 6.39. The summed E-state index contributed by atoms with van der Waals surface area (Å²) in [7, 11) is 0. The maximum atomic E-state index is 14.7. The highest BCUT2D eigenvalue weighted by Crippen LogP contribution is 2.59. The van der Waals surface area contributed by atoms with Crippen LogP contribution >= 0.6 is 0 Å². The number of ketones is 1. The van der Waals surface area contributed by atoms with Gasteiger partial charge >= 0.3 is 6.09 Å². The third kappa shape index (κ3) is 9.13. The summed E-state index contributed by atoms with van der Waals surface area (Å²) >= 11 is 0. The Morgan fingerprint density at radius 3 is 2.38 bits per heavy atom. The molecule has 3 aromatic rings. The maximum Gasteiger partial charge on any atom is 0.410 e. The van der Waals surface area contributed by atoms with Gasteiger partial charge in [-0.2, -0.15) is 0 Å². The molecule has 0 aliphatic heterocycles. The van der Waals surface area contributed by atoms with Gasteiger partial charge in [0.1, 0.15) is 6.10 Å². The number of aliphatic hydroxyl groups excluding tert-OH is 1. The molecule has 7 atom stereocenters. The summed E-state index contributed by atoms with van der Waals surface area (Å²) in [5.74, 6) is 1.10. The average Bonchev–Trinajstić information content (AvgIpc) is 3.42. The second-order valence-corrected chi connectivity index (χ2v) is 17.9. The minimum atomic E-state index is -1.20. The lowest BCUT2D eigenvalue weighted by Gasteiger charge is -2.46. The van der Waals surface area contributed by atoms with Crippen LogP contribution < -0.4 is 0 Å². The fraction of sp³-hybridized carbons (Fsp3) is 0.551. The number of hydrogen-bond donors (Lipinski definition) is 2. The Morgan fingerprint density at radius 2 is 1.67 bits per heavy atom. The van der Waals surface area contributed by atoms with Gasteiger partial charge in [0.25, 0.3) is 0 Å². The van der Waals surface area contributed by atoms with Crippen molar-refractivity contribution in [1.29, 1.82) is 0 Å². The fourth-order valence-corrected chi connectivity index (χ4v) is 10.1. The van der Waals surface area contributed by atoms with Crippen molar-refractivity contribution in [1.82, 2.24) is 4.90 Å². The summed E-state index contributed by atoms with van der Waals surface area (Å²) in [6.07, 6.45) is 9.74. The molecule has 0 aromatic heterocycles.